The van der Waals surface area contributed by atoms with Gasteiger partial charge >= 0.3 is 0 Å². The molecule has 1 fully saturated rings. The molecule has 1 saturated carbocycles. The standard InChI is InChI=1S/C32H40/c1-10-16-25-20-29(27(14-5)26(25)13-4)31-23(9)32(30(17-11-2)28(31)15-6)21(7)18-24(12-3)19-22(32)8/h10-11,13-17,22,24H,4-7,12,18-20H2,1-3,8-9H3/b16-10-,17-11-. The van der Waals surface area contributed by atoms with E-state index in [9.17, 15) is 0 Å². The predicted molar refractivity (Wildman–Crippen MR) is 142 cm³/mol. The zero-order valence-electron chi connectivity index (χ0n) is 20.9. The Morgan fingerprint density at radius 3 is 2.09 bits per heavy atom. The minimum Gasteiger partial charge on any atom is -0.0986 e. The van der Waals surface area contributed by atoms with E-state index in [1.807, 2.05) is 12.2 Å². The summed E-state index contributed by atoms with van der Waals surface area (Å²) in [6.07, 6.45) is 19.4. The monoisotopic (exact) mass is 424 g/mol. The number of rotatable bonds is 7. The summed E-state index contributed by atoms with van der Waals surface area (Å²) in [4.78, 5) is 0. The van der Waals surface area contributed by atoms with Crippen molar-refractivity contribution in [3.05, 3.63) is 119 Å². The van der Waals surface area contributed by atoms with E-state index in [-0.39, 0.29) is 5.41 Å². The van der Waals surface area contributed by atoms with Gasteiger partial charge in [-0.25, -0.2) is 0 Å². The Labute approximate surface area is 196 Å². The van der Waals surface area contributed by atoms with Crippen molar-refractivity contribution in [2.45, 2.75) is 60.3 Å². The number of allylic oxidation sites excluding steroid dienone is 16. The van der Waals surface area contributed by atoms with Gasteiger partial charge in [0.2, 0.25) is 0 Å². The first kappa shape index (κ1) is 24.1. The molecule has 3 rings (SSSR count). The molecule has 0 N–H and O–H groups in total. The van der Waals surface area contributed by atoms with Crippen LogP contribution >= 0.6 is 0 Å². The van der Waals surface area contributed by atoms with Crippen molar-refractivity contribution in [1.29, 1.82) is 0 Å². The third-order valence-electron chi connectivity index (χ3n) is 7.99. The highest BCUT2D eigenvalue weighted by Crippen LogP contribution is 2.63. The lowest BCUT2D eigenvalue weighted by Crippen LogP contribution is -2.38. The molecule has 3 unspecified atom stereocenters. The van der Waals surface area contributed by atoms with Gasteiger partial charge in [0.05, 0.1) is 0 Å². The highest BCUT2D eigenvalue weighted by atomic mass is 14.5. The van der Waals surface area contributed by atoms with E-state index in [0.717, 1.165) is 18.8 Å². The molecule has 3 atom stereocenters. The fourth-order valence-electron chi connectivity index (χ4n) is 6.72. The van der Waals surface area contributed by atoms with Gasteiger partial charge in [0.15, 0.2) is 0 Å². The Balaban J connectivity index is 2.33. The molecule has 0 aliphatic heterocycles. The highest BCUT2D eigenvalue weighted by molar-refractivity contribution is 5.75. The molecular formula is C32H40. The van der Waals surface area contributed by atoms with Gasteiger partial charge in [-0.15, -0.1) is 0 Å². The molecule has 0 aromatic rings. The average Bonchev–Trinajstić information content (AvgIpc) is 3.24. The molecular weight excluding hydrogens is 384 g/mol. The van der Waals surface area contributed by atoms with Gasteiger partial charge in [-0.3, -0.25) is 0 Å². The molecule has 0 saturated heterocycles. The van der Waals surface area contributed by atoms with Crippen LogP contribution in [0.3, 0.4) is 0 Å². The topological polar surface area (TPSA) is 0 Å². The molecule has 3 aliphatic rings. The van der Waals surface area contributed by atoms with Crippen LogP contribution in [0.15, 0.2) is 119 Å². The van der Waals surface area contributed by atoms with E-state index in [0.29, 0.717) is 5.92 Å². The van der Waals surface area contributed by atoms with E-state index in [2.05, 4.69) is 84.7 Å². The summed E-state index contributed by atoms with van der Waals surface area (Å²) in [5.41, 5.74) is 11.8. The quantitative estimate of drug-likeness (QED) is 0.357. The molecule has 0 aromatic heterocycles. The largest absolute Gasteiger partial charge is 0.0986 e. The van der Waals surface area contributed by atoms with E-state index < -0.39 is 0 Å². The third kappa shape index (κ3) is 3.36. The fraction of sp³-hybridized carbons (Fsp3) is 0.375. The highest BCUT2D eigenvalue weighted by Gasteiger charge is 2.52. The summed E-state index contributed by atoms with van der Waals surface area (Å²) in [5, 5.41) is 0. The molecule has 1 spiro atoms. The Morgan fingerprint density at radius 2 is 1.59 bits per heavy atom. The van der Waals surface area contributed by atoms with Crippen molar-refractivity contribution >= 4 is 0 Å². The van der Waals surface area contributed by atoms with E-state index >= 15 is 0 Å². The van der Waals surface area contributed by atoms with Crippen molar-refractivity contribution in [3.63, 3.8) is 0 Å². The number of hydrogen-bond donors (Lipinski definition) is 0. The van der Waals surface area contributed by atoms with E-state index in [1.54, 1.807) is 0 Å². The molecule has 0 heteroatoms. The summed E-state index contributed by atoms with van der Waals surface area (Å²) in [7, 11) is 0. The first-order chi connectivity index (χ1) is 15.4. The summed E-state index contributed by atoms with van der Waals surface area (Å²) in [6, 6.07) is 0. The zero-order valence-corrected chi connectivity index (χ0v) is 20.9. The van der Waals surface area contributed by atoms with E-state index in [1.165, 1.54) is 63.0 Å². The second kappa shape index (κ2) is 9.49. The van der Waals surface area contributed by atoms with Gasteiger partial charge in [0, 0.05) is 5.41 Å². The minimum atomic E-state index is -0.117. The lowest BCUT2D eigenvalue weighted by molar-refractivity contribution is 0.214. The van der Waals surface area contributed by atoms with Gasteiger partial charge in [-0.2, -0.15) is 0 Å². The first-order valence-corrected chi connectivity index (χ1v) is 12.1. The Hall–Kier alpha value is -2.60. The van der Waals surface area contributed by atoms with Crippen LogP contribution in [0.25, 0.3) is 0 Å². The Kier molecular flexibility index (Phi) is 7.13. The van der Waals surface area contributed by atoms with Crippen LogP contribution in [0.5, 0.6) is 0 Å². The van der Waals surface area contributed by atoms with Crippen LogP contribution in [0.2, 0.25) is 0 Å². The first-order valence-electron chi connectivity index (χ1n) is 12.1. The normalized spacial score (nSPS) is 29.0. The lowest BCUT2D eigenvalue weighted by Gasteiger charge is -2.47. The maximum atomic E-state index is 4.71. The lowest BCUT2D eigenvalue weighted by atomic mass is 9.56. The van der Waals surface area contributed by atoms with Crippen LogP contribution < -0.4 is 0 Å². The summed E-state index contributed by atoms with van der Waals surface area (Å²) < 4.78 is 0. The molecule has 0 bridgehead atoms. The number of hydrogen-bond acceptors (Lipinski definition) is 0. The third-order valence-corrected chi connectivity index (χ3v) is 7.99. The van der Waals surface area contributed by atoms with Crippen molar-refractivity contribution in [3.8, 4) is 0 Å². The second-order valence-corrected chi connectivity index (χ2v) is 9.47. The van der Waals surface area contributed by atoms with Gasteiger partial charge in [0.25, 0.3) is 0 Å². The van der Waals surface area contributed by atoms with Crippen molar-refractivity contribution in [1.82, 2.24) is 0 Å². The maximum Gasteiger partial charge on any atom is 0.0406 e. The smallest absolute Gasteiger partial charge is 0.0406 e. The van der Waals surface area contributed by atoms with Crippen LogP contribution in [-0.2, 0) is 0 Å². The Morgan fingerprint density at radius 1 is 0.969 bits per heavy atom. The molecule has 0 amide bonds. The SMILES string of the molecule is C=CC1=C(/C=C\C)CC(C2=C(C)C3(C(=C)CC(CC)CC3C)C(/C=C\C)=C2C=C)=C1C=C. The molecule has 0 heterocycles. The van der Waals surface area contributed by atoms with Crippen LogP contribution in [0, 0.1) is 17.3 Å². The van der Waals surface area contributed by atoms with Gasteiger partial charge in [-0.1, -0.05) is 100 Å². The molecule has 0 aromatic carbocycles. The van der Waals surface area contributed by atoms with Gasteiger partial charge in [0.1, 0.15) is 0 Å². The zero-order chi connectivity index (χ0) is 23.6. The minimum absolute atomic E-state index is 0.117. The van der Waals surface area contributed by atoms with Crippen LogP contribution in [0.4, 0.5) is 0 Å². The molecule has 3 aliphatic carbocycles. The fourth-order valence-corrected chi connectivity index (χ4v) is 6.72. The van der Waals surface area contributed by atoms with Crippen molar-refractivity contribution in [2.24, 2.45) is 17.3 Å². The van der Waals surface area contributed by atoms with Gasteiger partial charge < -0.3 is 0 Å². The van der Waals surface area contributed by atoms with Crippen LogP contribution in [-0.4, -0.2) is 0 Å². The van der Waals surface area contributed by atoms with Crippen LogP contribution in [0.1, 0.15) is 60.3 Å². The maximum absolute atomic E-state index is 4.71. The van der Waals surface area contributed by atoms with Gasteiger partial charge in [-0.05, 0) is 90.9 Å². The van der Waals surface area contributed by atoms with Crippen molar-refractivity contribution < 1.29 is 0 Å². The summed E-state index contributed by atoms with van der Waals surface area (Å²) in [5.74, 6) is 1.23. The Bertz CT molecular complexity index is 1040. The van der Waals surface area contributed by atoms with E-state index in [4.69, 9.17) is 6.58 Å². The molecule has 0 radical (unpaired) electrons. The molecule has 0 nitrogen and oxygen atoms in total. The average molecular weight is 425 g/mol. The van der Waals surface area contributed by atoms with Crippen molar-refractivity contribution in [2.75, 3.05) is 0 Å². The second-order valence-electron chi connectivity index (χ2n) is 9.47. The predicted octanol–water partition coefficient (Wildman–Crippen LogP) is 9.32. The molecule has 168 valence electrons. The molecule has 32 heavy (non-hydrogen) atoms. The summed E-state index contributed by atoms with van der Waals surface area (Å²) >= 11 is 0. The summed E-state index contributed by atoms with van der Waals surface area (Å²) in [6.45, 7) is 28.6.